The zero-order valence-electron chi connectivity index (χ0n) is 11.5. The van der Waals surface area contributed by atoms with Crippen LogP contribution in [0.3, 0.4) is 0 Å². The maximum absolute atomic E-state index is 4.42. The van der Waals surface area contributed by atoms with Crippen molar-refractivity contribution in [2.24, 2.45) is 5.92 Å². The standard InChI is InChI=1S/C14H25N3/c1-11-5-6-13(7-11)15-8-12-9-16-17(10-12)14(2,3)4/h9-11,13,15H,5-8H2,1-4H3. The average molecular weight is 235 g/mol. The third-order valence-electron chi connectivity index (χ3n) is 3.61. The number of aromatic nitrogens is 2. The summed E-state index contributed by atoms with van der Waals surface area (Å²) in [6.45, 7) is 9.83. The fraction of sp³-hybridized carbons (Fsp3) is 0.786. The lowest BCUT2D eigenvalue weighted by molar-refractivity contribution is 0.355. The van der Waals surface area contributed by atoms with Crippen molar-refractivity contribution in [1.29, 1.82) is 0 Å². The van der Waals surface area contributed by atoms with Crippen molar-refractivity contribution in [2.45, 2.75) is 65.1 Å². The predicted octanol–water partition coefficient (Wildman–Crippen LogP) is 2.92. The average Bonchev–Trinajstić information content (AvgIpc) is 2.82. The lowest BCUT2D eigenvalue weighted by Gasteiger charge is -2.18. The topological polar surface area (TPSA) is 29.9 Å². The first-order chi connectivity index (χ1) is 7.95. The molecule has 2 atom stereocenters. The lowest BCUT2D eigenvalue weighted by atomic mass is 10.1. The van der Waals surface area contributed by atoms with Crippen molar-refractivity contribution in [3.8, 4) is 0 Å². The van der Waals surface area contributed by atoms with E-state index in [1.165, 1.54) is 24.8 Å². The maximum Gasteiger partial charge on any atom is 0.0543 e. The minimum Gasteiger partial charge on any atom is -0.310 e. The van der Waals surface area contributed by atoms with Crippen LogP contribution in [0.15, 0.2) is 12.4 Å². The van der Waals surface area contributed by atoms with Crippen molar-refractivity contribution in [3.63, 3.8) is 0 Å². The van der Waals surface area contributed by atoms with E-state index in [1.54, 1.807) is 0 Å². The summed E-state index contributed by atoms with van der Waals surface area (Å²) >= 11 is 0. The smallest absolute Gasteiger partial charge is 0.0543 e. The summed E-state index contributed by atoms with van der Waals surface area (Å²) in [7, 11) is 0. The second-order valence-corrected chi connectivity index (χ2v) is 6.46. The van der Waals surface area contributed by atoms with E-state index in [9.17, 15) is 0 Å². The van der Waals surface area contributed by atoms with Crippen LogP contribution in [0, 0.1) is 5.92 Å². The number of rotatable bonds is 3. The fourth-order valence-electron chi connectivity index (χ4n) is 2.47. The van der Waals surface area contributed by atoms with Crippen LogP contribution >= 0.6 is 0 Å². The van der Waals surface area contributed by atoms with Crippen molar-refractivity contribution in [2.75, 3.05) is 0 Å². The van der Waals surface area contributed by atoms with Gasteiger partial charge in [0, 0.05) is 24.3 Å². The minimum absolute atomic E-state index is 0.0835. The van der Waals surface area contributed by atoms with Gasteiger partial charge in [-0.05, 0) is 46.0 Å². The molecular formula is C14H25N3. The van der Waals surface area contributed by atoms with Gasteiger partial charge in [-0.1, -0.05) is 6.92 Å². The van der Waals surface area contributed by atoms with Crippen LogP contribution in [0.1, 0.15) is 52.5 Å². The van der Waals surface area contributed by atoms with Gasteiger partial charge >= 0.3 is 0 Å². The van der Waals surface area contributed by atoms with Crippen LogP contribution in [-0.4, -0.2) is 15.8 Å². The van der Waals surface area contributed by atoms with E-state index in [0.717, 1.165) is 12.5 Å². The maximum atomic E-state index is 4.42. The highest BCUT2D eigenvalue weighted by Crippen LogP contribution is 2.24. The van der Waals surface area contributed by atoms with Crippen LogP contribution in [0.5, 0.6) is 0 Å². The van der Waals surface area contributed by atoms with E-state index in [4.69, 9.17) is 0 Å². The molecule has 96 valence electrons. The van der Waals surface area contributed by atoms with Crippen molar-refractivity contribution in [3.05, 3.63) is 18.0 Å². The number of nitrogens with zero attached hydrogens (tertiary/aromatic N) is 2. The normalized spacial score (nSPS) is 25.4. The molecule has 1 aliphatic carbocycles. The molecule has 3 nitrogen and oxygen atoms in total. The third-order valence-corrected chi connectivity index (χ3v) is 3.61. The molecule has 1 heterocycles. The van der Waals surface area contributed by atoms with E-state index < -0.39 is 0 Å². The van der Waals surface area contributed by atoms with E-state index in [1.807, 2.05) is 10.9 Å². The summed E-state index contributed by atoms with van der Waals surface area (Å²) in [5.74, 6) is 0.893. The first-order valence-electron chi connectivity index (χ1n) is 6.72. The van der Waals surface area contributed by atoms with E-state index in [0.29, 0.717) is 6.04 Å². The molecule has 1 saturated carbocycles. The molecule has 0 saturated heterocycles. The lowest BCUT2D eigenvalue weighted by Crippen LogP contribution is -2.25. The van der Waals surface area contributed by atoms with Gasteiger partial charge in [-0.25, -0.2) is 0 Å². The van der Waals surface area contributed by atoms with E-state index >= 15 is 0 Å². The van der Waals surface area contributed by atoms with Gasteiger partial charge in [0.2, 0.25) is 0 Å². The Kier molecular flexibility index (Phi) is 3.57. The van der Waals surface area contributed by atoms with Gasteiger partial charge in [-0.15, -0.1) is 0 Å². The molecule has 0 aromatic carbocycles. The van der Waals surface area contributed by atoms with Crippen molar-refractivity contribution >= 4 is 0 Å². The van der Waals surface area contributed by atoms with E-state index in [-0.39, 0.29) is 5.54 Å². The summed E-state index contributed by atoms with van der Waals surface area (Å²) < 4.78 is 2.04. The second-order valence-electron chi connectivity index (χ2n) is 6.46. The number of hydrogen-bond donors (Lipinski definition) is 1. The molecule has 1 aromatic heterocycles. The minimum atomic E-state index is 0.0835. The SMILES string of the molecule is CC1CCC(NCc2cnn(C(C)(C)C)c2)C1. The van der Waals surface area contributed by atoms with Gasteiger partial charge in [-0.2, -0.15) is 5.10 Å². The highest BCUT2D eigenvalue weighted by atomic mass is 15.3. The Morgan fingerprint density at radius 3 is 2.71 bits per heavy atom. The monoisotopic (exact) mass is 235 g/mol. The fourth-order valence-corrected chi connectivity index (χ4v) is 2.47. The predicted molar refractivity (Wildman–Crippen MR) is 70.9 cm³/mol. The van der Waals surface area contributed by atoms with Gasteiger partial charge in [0.15, 0.2) is 0 Å². The van der Waals surface area contributed by atoms with Crippen LogP contribution in [-0.2, 0) is 12.1 Å². The van der Waals surface area contributed by atoms with Crippen molar-refractivity contribution < 1.29 is 0 Å². The van der Waals surface area contributed by atoms with Crippen LogP contribution in [0.4, 0.5) is 0 Å². The summed E-state index contributed by atoms with van der Waals surface area (Å²) in [6.07, 6.45) is 8.17. The molecular weight excluding hydrogens is 210 g/mol. The van der Waals surface area contributed by atoms with E-state index in [2.05, 4.69) is 44.3 Å². The van der Waals surface area contributed by atoms with Gasteiger partial charge in [-0.3, -0.25) is 4.68 Å². The Labute approximate surface area is 105 Å². The molecule has 2 unspecified atom stereocenters. The summed E-state index contributed by atoms with van der Waals surface area (Å²) in [4.78, 5) is 0. The molecule has 1 fully saturated rings. The zero-order chi connectivity index (χ0) is 12.5. The summed E-state index contributed by atoms with van der Waals surface area (Å²) in [6, 6.07) is 0.711. The summed E-state index contributed by atoms with van der Waals surface area (Å²) in [5.41, 5.74) is 1.37. The van der Waals surface area contributed by atoms with Gasteiger partial charge in [0.25, 0.3) is 0 Å². The Morgan fingerprint density at radius 2 is 2.18 bits per heavy atom. The molecule has 1 N–H and O–H groups in total. The largest absolute Gasteiger partial charge is 0.310 e. The highest BCUT2D eigenvalue weighted by molar-refractivity contribution is 5.05. The molecule has 3 heteroatoms. The number of hydrogen-bond acceptors (Lipinski definition) is 2. The number of nitrogens with one attached hydrogen (secondary N) is 1. The van der Waals surface area contributed by atoms with Gasteiger partial charge in [0.05, 0.1) is 11.7 Å². The third kappa shape index (κ3) is 3.32. The molecule has 0 aliphatic heterocycles. The second kappa shape index (κ2) is 4.81. The van der Waals surface area contributed by atoms with Crippen LogP contribution < -0.4 is 5.32 Å². The highest BCUT2D eigenvalue weighted by Gasteiger charge is 2.21. The molecule has 1 aromatic rings. The quantitative estimate of drug-likeness (QED) is 0.873. The van der Waals surface area contributed by atoms with Crippen LogP contribution in [0.2, 0.25) is 0 Å². The Hall–Kier alpha value is -0.830. The van der Waals surface area contributed by atoms with Crippen molar-refractivity contribution in [1.82, 2.24) is 15.1 Å². The van der Waals surface area contributed by atoms with Gasteiger partial charge < -0.3 is 5.32 Å². The summed E-state index contributed by atoms with van der Waals surface area (Å²) in [5, 5.41) is 8.06. The molecule has 17 heavy (non-hydrogen) atoms. The van der Waals surface area contributed by atoms with Gasteiger partial charge in [0.1, 0.15) is 0 Å². The molecule has 0 spiro atoms. The Balaban J connectivity index is 1.85. The molecule has 0 amide bonds. The zero-order valence-corrected chi connectivity index (χ0v) is 11.5. The Morgan fingerprint density at radius 1 is 1.41 bits per heavy atom. The molecule has 0 radical (unpaired) electrons. The Bertz CT molecular complexity index is 362. The molecule has 0 bridgehead atoms. The first-order valence-corrected chi connectivity index (χ1v) is 6.72. The first kappa shape index (κ1) is 12.6. The van der Waals surface area contributed by atoms with Crippen LogP contribution in [0.25, 0.3) is 0 Å². The molecule has 1 aliphatic rings. The molecule has 2 rings (SSSR count).